The van der Waals surface area contributed by atoms with Crippen LogP contribution in [0, 0.1) is 0 Å². The van der Waals surface area contributed by atoms with E-state index < -0.39 is 0 Å². The summed E-state index contributed by atoms with van der Waals surface area (Å²) in [5, 5.41) is 0.545. The first-order valence-corrected chi connectivity index (χ1v) is 7.03. The first-order valence-electron chi connectivity index (χ1n) is 7.03. The molecular weight excluding hydrogens is 276 g/mol. The van der Waals surface area contributed by atoms with Crippen molar-refractivity contribution in [1.82, 2.24) is 0 Å². The second-order valence-electron chi connectivity index (χ2n) is 5.25. The van der Waals surface area contributed by atoms with Crippen molar-refractivity contribution in [3.63, 3.8) is 0 Å². The van der Waals surface area contributed by atoms with Gasteiger partial charge in [-0.1, -0.05) is 36.9 Å². The average Bonchev–Trinajstić information content (AvgIpc) is 2.54. The minimum atomic E-state index is -0.0427. The molecule has 0 radical (unpaired) electrons. The lowest BCUT2D eigenvalue weighted by molar-refractivity contribution is 0.352. The predicted molar refractivity (Wildman–Crippen MR) is 88.2 cm³/mol. The summed E-state index contributed by atoms with van der Waals surface area (Å²) in [6, 6.07) is 14.7. The smallest absolute Gasteiger partial charge is 0.200 e. The van der Waals surface area contributed by atoms with Crippen LogP contribution >= 0.6 is 0 Å². The van der Waals surface area contributed by atoms with Crippen LogP contribution in [0.15, 0.2) is 76.2 Å². The Hall–Kier alpha value is -2.81. The van der Waals surface area contributed by atoms with Gasteiger partial charge in [0.1, 0.15) is 24.2 Å². The first-order chi connectivity index (χ1) is 10.6. The summed E-state index contributed by atoms with van der Waals surface area (Å²) >= 11 is 0. The van der Waals surface area contributed by atoms with Crippen LogP contribution in [0.5, 0.6) is 5.75 Å². The predicted octanol–water partition coefficient (Wildman–Crippen LogP) is 4.41. The van der Waals surface area contributed by atoms with Gasteiger partial charge in [0.05, 0.1) is 10.9 Å². The van der Waals surface area contributed by atoms with Crippen molar-refractivity contribution in [2.24, 2.45) is 0 Å². The Morgan fingerprint density at radius 1 is 1.18 bits per heavy atom. The van der Waals surface area contributed by atoms with Crippen molar-refractivity contribution in [3.8, 4) is 16.9 Å². The molecule has 2 aromatic carbocycles. The van der Waals surface area contributed by atoms with Gasteiger partial charge in [0.2, 0.25) is 0 Å². The van der Waals surface area contributed by atoms with Gasteiger partial charge >= 0.3 is 0 Å². The van der Waals surface area contributed by atoms with E-state index in [1.165, 1.54) is 6.26 Å². The fourth-order valence-corrected chi connectivity index (χ4v) is 2.22. The molecule has 22 heavy (non-hydrogen) atoms. The molecule has 0 spiro atoms. The second kappa shape index (κ2) is 5.90. The summed E-state index contributed by atoms with van der Waals surface area (Å²) < 4.78 is 11.2. The fourth-order valence-electron chi connectivity index (χ4n) is 2.22. The van der Waals surface area contributed by atoms with E-state index in [4.69, 9.17) is 9.15 Å². The average molecular weight is 292 g/mol. The molecule has 3 nitrogen and oxygen atoms in total. The number of hydrogen-bond acceptors (Lipinski definition) is 3. The van der Waals surface area contributed by atoms with Crippen molar-refractivity contribution in [2.75, 3.05) is 6.61 Å². The number of benzene rings is 2. The molecule has 3 rings (SSSR count). The van der Waals surface area contributed by atoms with Gasteiger partial charge in [-0.25, -0.2) is 0 Å². The maximum absolute atomic E-state index is 12.6. The van der Waals surface area contributed by atoms with E-state index in [-0.39, 0.29) is 5.43 Å². The van der Waals surface area contributed by atoms with Crippen molar-refractivity contribution >= 4 is 11.0 Å². The zero-order valence-corrected chi connectivity index (χ0v) is 12.3. The van der Waals surface area contributed by atoms with Crippen LogP contribution in [0.25, 0.3) is 22.1 Å². The zero-order valence-electron chi connectivity index (χ0n) is 12.3. The van der Waals surface area contributed by atoms with E-state index >= 15 is 0 Å². The Kier molecular flexibility index (Phi) is 3.79. The topological polar surface area (TPSA) is 39.4 Å². The number of ether oxygens (including phenoxy) is 1. The Bertz CT molecular complexity index is 876. The summed E-state index contributed by atoms with van der Waals surface area (Å²) in [6.07, 6.45) is 1.50. The molecule has 3 aromatic rings. The SMILES string of the molecule is C=C(C)COc1ccc2c(=O)c(-c3ccccc3)coc2c1. The molecule has 0 aliphatic carbocycles. The summed E-state index contributed by atoms with van der Waals surface area (Å²) in [4.78, 5) is 12.6. The van der Waals surface area contributed by atoms with Crippen LogP contribution in [0.3, 0.4) is 0 Å². The van der Waals surface area contributed by atoms with Crippen LogP contribution in [0.1, 0.15) is 6.92 Å². The molecule has 110 valence electrons. The molecule has 0 amide bonds. The third-order valence-electron chi connectivity index (χ3n) is 3.32. The summed E-state index contributed by atoms with van der Waals surface area (Å²) in [5.74, 6) is 0.658. The second-order valence-corrected chi connectivity index (χ2v) is 5.25. The lowest BCUT2D eigenvalue weighted by Gasteiger charge is -2.07. The normalized spacial score (nSPS) is 10.6. The van der Waals surface area contributed by atoms with Crippen LogP contribution < -0.4 is 10.2 Å². The molecule has 0 saturated carbocycles. The van der Waals surface area contributed by atoms with E-state index in [0.29, 0.717) is 28.9 Å². The van der Waals surface area contributed by atoms with Crippen LogP contribution in [-0.2, 0) is 0 Å². The summed E-state index contributed by atoms with van der Waals surface area (Å²) in [6.45, 7) is 6.13. The number of rotatable bonds is 4. The van der Waals surface area contributed by atoms with Gasteiger partial charge in [0, 0.05) is 6.07 Å². The molecule has 0 saturated heterocycles. The highest BCUT2D eigenvalue weighted by Gasteiger charge is 2.09. The Morgan fingerprint density at radius 2 is 1.95 bits per heavy atom. The fraction of sp³-hybridized carbons (Fsp3) is 0.105. The molecule has 0 aliphatic rings. The molecule has 0 atom stereocenters. The van der Waals surface area contributed by atoms with E-state index in [1.807, 2.05) is 37.3 Å². The van der Waals surface area contributed by atoms with Crippen LogP contribution in [-0.4, -0.2) is 6.61 Å². The Balaban J connectivity index is 2.04. The minimum absolute atomic E-state index is 0.0427. The largest absolute Gasteiger partial charge is 0.489 e. The number of fused-ring (bicyclic) bond motifs is 1. The van der Waals surface area contributed by atoms with Gasteiger partial charge in [0.25, 0.3) is 0 Å². The Morgan fingerprint density at radius 3 is 2.68 bits per heavy atom. The minimum Gasteiger partial charge on any atom is -0.489 e. The van der Waals surface area contributed by atoms with Gasteiger partial charge in [0.15, 0.2) is 5.43 Å². The van der Waals surface area contributed by atoms with Crippen LogP contribution in [0.4, 0.5) is 0 Å². The van der Waals surface area contributed by atoms with Crippen LogP contribution in [0.2, 0.25) is 0 Å². The lowest BCUT2D eigenvalue weighted by atomic mass is 10.1. The third-order valence-corrected chi connectivity index (χ3v) is 3.32. The van der Waals surface area contributed by atoms with Crippen molar-refractivity contribution in [1.29, 1.82) is 0 Å². The standard InChI is InChI=1S/C19H16O3/c1-13(2)11-21-15-8-9-16-18(10-15)22-12-17(19(16)20)14-6-4-3-5-7-14/h3-10,12H,1,11H2,2H3. The van der Waals surface area contributed by atoms with Crippen molar-refractivity contribution < 1.29 is 9.15 Å². The molecule has 0 aliphatic heterocycles. The van der Waals surface area contributed by atoms with E-state index in [2.05, 4.69) is 6.58 Å². The molecule has 1 heterocycles. The van der Waals surface area contributed by atoms with Gasteiger partial charge in [-0.2, -0.15) is 0 Å². The highest BCUT2D eigenvalue weighted by molar-refractivity contribution is 5.82. The van der Waals surface area contributed by atoms with Gasteiger partial charge in [-0.05, 0) is 30.2 Å². The molecule has 0 bridgehead atoms. The van der Waals surface area contributed by atoms with E-state index in [0.717, 1.165) is 11.1 Å². The maximum Gasteiger partial charge on any atom is 0.200 e. The highest BCUT2D eigenvalue weighted by atomic mass is 16.5. The van der Waals surface area contributed by atoms with Gasteiger partial charge < -0.3 is 9.15 Å². The number of hydrogen-bond donors (Lipinski definition) is 0. The molecule has 0 fully saturated rings. The monoisotopic (exact) mass is 292 g/mol. The quantitative estimate of drug-likeness (QED) is 0.668. The van der Waals surface area contributed by atoms with E-state index in [1.54, 1.807) is 18.2 Å². The summed E-state index contributed by atoms with van der Waals surface area (Å²) in [7, 11) is 0. The third kappa shape index (κ3) is 2.79. The van der Waals surface area contributed by atoms with Gasteiger partial charge in [-0.15, -0.1) is 0 Å². The molecule has 3 heteroatoms. The maximum atomic E-state index is 12.6. The first kappa shape index (κ1) is 14.1. The van der Waals surface area contributed by atoms with E-state index in [9.17, 15) is 4.79 Å². The van der Waals surface area contributed by atoms with Gasteiger partial charge in [-0.3, -0.25) is 4.79 Å². The lowest BCUT2D eigenvalue weighted by Crippen LogP contribution is -2.05. The van der Waals surface area contributed by atoms with Crippen molar-refractivity contribution in [3.05, 3.63) is 77.2 Å². The summed E-state index contributed by atoms with van der Waals surface area (Å²) in [5.41, 5.74) is 2.81. The van der Waals surface area contributed by atoms with Crippen molar-refractivity contribution in [2.45, 2.75) is 6.92 Å². The zero-order chi connectivity index (χ0) is 15.5. The molecule has 0 unspecified atom stereocenters. The Labute approximate surface area is 128 Å². The molecular formula is C19H16O3. The molecule has 0 N–H and O–H groups in total. The highest BCUT2D eigenvalue weighted by Crippen LogP contribution is 2.23. The molecule has 1 aromatic heterocycles.